The molecule has 0 amide bonds. The van der Waals surface area contributed by atoms with Crippen molar-refractivity contribution in [3.8, 4) is 45.2 Å². The average molecular weight is 616 g/mol. The van der Waals surface area contributed by atoms with Crippen LogP contribution in [0.15, 0.2) is 160 Å². The summed E-state index contributed by atoms with van der Waals surface area (Å²) in [6, 6.07) is 51.8. The van der Waals surface area contributed by atoms with E-state index < -0.39 is 0 Å². The van der Waals surface area contributed by atoms with E-state index in [0.29, 0.717) is 11.7 Å². The van der Waals surface area contributed by atoms with E-state index in [1.165, 1.54) is 0 Å². The number of benzene rings is 7. The van der Waals surface area contributed by atoms with Crippen LogP contribution < -0.4 is 0 Å². The normalized spacial score (nSPS) is 11.8. The molecular formula is C43H25N3O2. The summed E-state index contributed by atoms with van der Waals surface area (Å²) < 4.78 is 12.4. The second-order valence-electron chi connectivity index (χ2n) is 12.0. The molecule has 0 atom stereocenters. The van der Waals surface area contributed by atoms with Gasteiger partial charge in [-0.05, 0) is 76.5 Å². The summed E-state index contributed by atoms with van der Waals surface area (Å²) in [7, 11) is 0. The molecule has 3 aromatic heterocycles. The molecule has 224 valence electrons. The second-order valence-corrected chi connectivity index (χ2v) is 12.0. The molecule has 48 heavy (non-hydrogen) atoms. The molecule has 0 aliphatic rings. The molecular weight excluding hydrogens is 590 g/mol. The van der Waals surface area contributed by atoms with Crippen molar-refractivity contribution < 1.29 is 8.83 Å². The lowest BCUT2D eigenvalue weighted by molar-refractivity contribution is 0.619. The van der Waals surface area contributed by atoms with Crippen molar-refractivity contribution in [3.63, 3.8) is 0 Å². The number of furan rings is 1. The molecule has 0 fully saturated rings. The quantitative estimate of drug-likeness (QED) is 0.197. The monoisotopic (exact) mass is 615 g/mol. The summed E-state index contributed by atoms with van der Waals surface area (Å²) in [6.07, 6.45) is 0. The fourth-order valence-corrected chi connectivity index (χ4v) is 6.83. The average Bonchev–Trinajstić information content (AvgIpc) is 3.75. The van der Waals surface area contributed by atoms with Gasteiger partial charge in [0.2, 0.25) is 5.89 Å². The number of rotatable bonds is 4. The van der Waals surface area contributed by atoms with E-state index in [1.54, 1.807) is 0 Å². The minimum absolute atomic E-state index is 0.581. The number of hydrogen-bond acceptors (Lipinski definition) is 5. The van der Waals surface area contributed by atoms with Crippen molar-refractivity contribution in [3.05, 3.63) is 152 Å². The molecule has 0 N–H and O–H groups in total. The van der Waals surface area contributed by atoms with E-state index in [9.17, 15) is 0 Å². The predicted molar refractivity (Wildman–Crippen MR) is 194 cm³/mol. The van der Waals surface area contributed by atoms with Crippen LogP contribution in [0.3, 0.4) is 0 Å². The van der Waals surface area contributed by atoms with Crippen LogP contribution in [0.25, 0.3) is 99.9 Å². The first-order valence-electron chi connectivity index (χ1n) is 15.9. The first-order chi connectivity index (χ1) is 23.8. The molecule has 10 rings (SSSR count). The fourth-order valence-electron chi connectivity index (χ4n) is 6.83. The Morgan fingerprint density at radius 2 is 1.06 bits per heavy atom. The number of hydrogen-bond donors (Lipinski definition) is 0. The first kappa shape index (κ1) is 26.6. The van der Waals surface area contributed by atoms with Crippen molar-refractivity contribution in [2.24, 2.45) is 0 Å². The van der Waals surface area contributed by atoms with Gasteiger partial charge in [0.05, 0.1) is 11.2 Å². The zero-order chi connectivity index (χ0) is 31.6. The van der Waals surface area contributed by atoms with Crippen LogP contribution in [-0.4, -0.2) is 15.0 Å². The SMILES string of the molecule is c1ccc(-c2nc(-c3ccc(-c4ccc5oc6cc(-c7nc8ccccc8o7)ccc6c5c4)c4ccccc34)nc3ccccc23)cc1. The molecule has 0 aliphatic heterocycles. The highest BCUT2D eigenvalue weighted by atomic mass is 16.3. The lowest BCUT2D eigenvalue weighted by Gasteiger charge is -2.13. The Hall–Kier alpha value is -6.59. The van der Waals surface area contributed by atoms with Gasteiger partial charge in [0.1, 0.15) is 16.7 Å². The summed E-state index contributed by atoms with van der Waals surface area (Å²) in [5.41, 5.74) is 10.3. The Bertz CT molecular complexity index is 2820. The molecule has 0 bridgehead atoms. The lowest BCUT2D eigenvalue weighted by Crippen LogP contribution is -1.96. The van der Waals surface area contributed by atoms with Crippen LogP contribution >= 0.6 is 0 Å². The van der Waals surface area contributed by atoms with Gasteiger partial charge in [-0.2, -0.15) is 0 Å². The van der Waals surface area contributed by atoms with Crippen molar-refractivity contribution in [1.29, 1.82) is 0 Å². The Morgan fingerprint density at radius 1 is 0.354 bits per heavy atom. The van der Waals surface area contributed by atoms with Gasteiger partial charge >= 0.3 is 0 Å². The van der Waals surface area contributed by atoms with Gasteiger partial charge in [-0.15, -0.1) is 0 Å². The highest BCUT2D eigenvalue weighted by Gasteiger charge is 2.17. The molecule has 0 spiro atoms. The maximum Gasteiger partial charge on any atom is 0.227 e. The summed E-state index contributed by atoms with van der Waals surface area (Å²) in [5, 5.41) is 5.38. The minimum atomic E-state index is 0.581. The Kier molecular flexibility index (Phi) is 5.81. The van der Waals surface area contributed by atoms with Gasteiger partial charge < -0.3 is 8.83 Å². The topological polar surface area (TPSA) is 65.0 Å². The molecule has 7 aromatic carbocycles. The zero-order valence-electron chi connectivity index (χ0n) is 25.6. The molecule has 0 radical (unpaired) electrons. The number of nitrogens with zero attached hydrogens (tertiary/aromatic N) is 3. The van der Waals surface area contributed by atoms with Crippen molar-refractivity contribution in [1.82, 2.24) is 15.0 Å². The number of fused-ring (bicyclic) bond motifs is 6. The van der Waals surface area contributed by atoms with Gasteiger partial charge in [-0.1, -0.05) is 97.1 Å². The maximum absolute atomic E-state index is 6.34. The third kappa shape index (κ3) is 4.22. The number of oxazole rings is 1. The summed E-state index contributed by atoms with van der Waals surface area (Å²) >= 11 is 0. The molecule has 10 aromatic rings. The van der Waals surface area contributed by atoms with Gasteiger partial charge in [0.15, 0.2) is 11.4 Å². The van der Waals surface area contributed by atoms with Crippen molar-refractivity contribution in [2.45, 2.75) is 0 Å². The van der Waals surface area contributed by atoms with Crippen LogP contribution in [0, 0.1) is 0 Å². The van der Waals surface area contributed by atoms with E-state index in [-0.39, 0.29) is 0 Å². The van der Waals surface area contributed by atoms with Crippen molar-refractivity contribution in [2.75, 3.05) is 0 Å². The minimum Gasteiger partial charge on any atom is -0.456 e. The van der Waals surface area contributed by atoms with Crippen LogP contribution in [-0.2, 0) is 0 Å². The maximum atomic E-state index is 6.34. The summed E-state index contributed by atoms with van der Waals surface area (Å²) in [4.78, 5) is 14.9. The van der Waals surface area contributed by atoms with Crippen LogP contribution in [0.1, 0.15) is 0 Å². The summed E-state index contributed by atoms with van der Waals surface area (Å²) in [6.45, 7) is 0. The van der Waals surface area contributed by atoms with Gasteiger partial charge in [-0.25, -0.2) is 15.0 Å². The third-order valence-corrected chi connectivity index (χ3v) is 9.14. The van der Waals surface area contributed by atoms with E-state index in [2.05, 4.69) is 89.9 Å². The smallest absolute Gasteiger partial charge is 0.227 e. The lowest BCUT2D eigenvalue weighted by atomic mass is 9.93. The van der Waals surface area contributed by atoms with E-state index >= 15 is 0 Å². The molecule has 0 aliphatic carbocycles. The molecule has 3 heterocycles. The Morgan fingerprint density at radius 3 is 1.92 bits per heavy atom. The molecule has 5 nitrogen and oxygen atoms in total. The fraction of sp³-hybridized carbons (Fsp3) is 0. The number of para-hydroxylation sites is 3. The number of aromatic nitrogens is 3. The van der Waals surface area contributed by atoms with E-state index in [0.717, 1.165) is 88.2 Å². The standard InChI is InChI=1S/C43H25N3O2/c1-2-10-26(11-3-1)41-34-14-6-7-15-36(34)44-42(46-41)33-22-21-29(30-12-4-5-13-31(30)33)27-19-23-38-35(24-27)32-20-18-28(25-40(32)47-38)43-45-37-16-8-9-17-39(37)48-43/h1-25H. The van der Waals surface area contributed by atoms with Crippen LogP contribution in [0.5, 0.6) is 0 Å². The van der Waals surface area contributed by atoms with E-state index in [4.69, 9.17) is 18.8 Å². The zero-order valence-corrected chi connectivity index (χ0v) is 25.6. The molecule has 0 saturated heterocycles. The van der Waals surface area contributed by atoms with Crippen LogP contribution in [0.4, 0.5) is 0 Å². The Labute approximate surface area is 274 Å². The molecule has 0 unspecified atom stereocenters. The largest absolute Gasteiger partial charge is 0.456 e. The van der Waals surface area contributed by atoms with Crippen LogP contribution in [0.2, 0.25) is 0 Å². The van der Waals surface area contributed by atoms with E-state index in [1.807, 2.05) is 66.7 Å². The van der Waals surface area contributed by atoms with Gasteiger partial charge in [0, 0.05) is 32.8 Å². The highest BCUT2D eigenvalue weighted by molar-refractivity contribution is 6.10. The van der Waals surface area contributed by atoms with Gasteiger partial charge in [-0.3, -0.25) is 0 Å². The second kappa shape index (κ2) is 10.5. The van der Waals surface area contributed by atoms with Gasteiger partial charge in [0.25, 0.3) is 0 Å². The van der Waals surface area contributed by atoms with Crippen molar-refractivity contribution >= 4 is 54.7 Å². The predicted octanol–water partition coefficient (Wildman–Crippen LogP) is 11.5. The molecule has 0 saturated carbocycles. The Balaban J connectivity index is 1.10. The molecule has 5 heteroatoms. The highest BCUT2D eigenvalue weighted by Crippen LogP contribution is 2.39. The first-order valence-corrected chi connectivity index (χ1v) is 15.9. The summed E-state index contributed by atoms with van der Waals surface area (Å²) in [5.74, 6) is 1.29. The third-order valence-electron chi connectivity index (χ3n) is 9.14.